The van der Waals surface area contributed by atoms with Crippen LogP contribution >= 0.6 is 11.8 Å². The number of hydrogen-bond acceptors (Lipinski definition) is 4. The van der Waals surface area contributed by atoms with Crippen molar-refractivity contribution in [1.82, 2.24) is 0 Å². The van der Waals surface area contributed by atoms with Crippen molar-refractivity contribution in [2.75, 3.05) is 4.90 Å². The van der Waals surface area contributed by atoms with E-state index in [1.165, 1.54) is 43.3 Å². The summed E-state index contributed by atoms with van der Waals surface area (Å²) in [4.78, 5) is 4.75. The van der Waals surface area contributed by atoms with Crippen molar-refractivity contribution in [2.24, 2.45) is 0 Å². The lowest BCUT2D eigenvalue weighted by Gasteiger charge is -2.36. The van der Waals surface area contributed by atoms with Crippen LogP contribution in [0, 0.1) is 13.8 Å². The van der Waals surface area contributed by atoms with E-state index >= 15 is 0 Å². The molecule has 0 N–H and O–H groups in total. The third kappa shape index (κ3) is 3.96. The average Bonchev–Trinajstić information content (AvgIpc) is 3.11. The fourth-order valence-corrected chi connectivity index (χ4v) is 8.72. The van der Waals surface area contributed by atoms with Gasteiger partial charge in [-0.15, -0.1) is 0 Å². The molecule has 0 unspecified atom stereocenters. The Morgan fingerprint density at radius 3 is 1.89 bits per heavy atom. The summed E-state index contributed by atoms with van der Waals surface area (Å²) in [5, 5.41) is 2.46. The molecule has 0 aromatic heterocycles. The summed E-state index contributed by atoms with van der Waals surface area (Å²) in [6.07, 6.45) is 0. The summed E-state index contributed by atoms with van der Waals surface area (Å²) in [6, 6.07) is 48.0. The van der Waals surface area contributed by atoms with E-state index in [2.05, 4.69) is 152 Å². The summed E-state index contributed by atoms with van der Waals surface area (Å²) in [5.74, 6) is 3.60. The molecule has 0 aliphatic carbocycles. The molecular formula is C42H28BNO2S. The number of ether oxygens (including phenoxy) is 2. The van der Waals surface area contributed by atoms with E-state index in [0.717, 1.165) is 56.0 Å². The van der Waals surface area contributed by atoms with Crippen LogP contribution in [0.3, 0.4) is 0 Å². The first-order chi connectivity index (χ1) is 23.1. The third-order valence-electron chi connectivity index (χ3n) is 9.72. The smallest absolute Gasteiger partial charge is 0.260 e. The summed E-state index contributed by atoms with van der Waals surface area (Å²) in [5.41, 5.74) is 11.7. The van der Waals surface area contributed by atoms with Gasteiger partial charge < -0.3 is 14.4 Å². The van der Waals surface area contributed by atoms with Gasteiger partial charge in [-0.1, -0.05) is 102 Å². The molecule has 0 saturated heterocycles. The molecule has 0 fully saturated rings. The Hall–Kier alpha value is -5.39. The van der Waals surface area contributed by atoms with Gasteiger partial charge in [0.05, 0.1) is 10.6 Å². The number of aryl methyl sites for hydroxylation is 2. The Morgan fingerprint density at radius 2 is 1.21 bits per heavy atom. The Bertz CT molecular complexity index is 2360. The lowest BCUT2D eigenvalue weighted by molar-refractivity contribution is 0.457. The molecule has 47 heavy (non-hydrogen) atoms. The van der Waals surface area contributed by atoms with Crippen LogP contribution in [0.4, 0.5) is 17.1 Å². The van der Waals surface area contributed by atoms with Crippen molar-refractivity contribution in [3.8, 4) is 34.1 Å². The molecule has 10 rings (SSSR count). The number of hydrogen-bond donors (Lipinski definition) is 0. The highest BCUT2D eigenvalue weighted by molar-refractivity contribution is 8.00. The predicted octanol–water partition coefficient (Wildman–Crippen LogP) is 9.79. The molecule has 3 nitrogen and oxygen atoms in total. The largest absolute Gasteiger partial charge is 0.458 e. The summed E-state index contributed by atoms with van der Waals surface area (Å²) >= 11 is 1.81. The normalized spacial score (nSPS) is 13.1. The maximum Gasteiger partial charge on any atom is 0.260 e. The molecule has 7 aromatic rings. The first-order valence-corrected chi connectivity index (χ1v) is 16.9. The molecule has 7 aromatic carbocycles. The number of para-hydroxylation sites is 2. The SMILES string of the molecule is Cc1ccc(N(c2ccc(C)cc2)c2ccc3c4c(cccc24)Sc2c-3cc3c4c2Oc2ccccc2B4c2ccccc2O3)cc1. The molecule has 222 valence electrons. The van der Waals surface area contributed by atoms with E-state index in [-0.39, 0.29) is 6.71 Å². The number of nitrogens with zero attached hydrogens (tertiary/aromatic N) is 1. The average molecular weight is 622 g/mol. The van der Waals surface area contributed by atoms with Crippen molar-refractivity contribution in [3.05, 3.63) is 145 Å². The number of fused-ring (bicyclic) bond motifs is 7. The second-order valence-corrected chi connectivity index (χ2v) is 13.7. The van der Waals surface area contributed by atoms with Crippen LogP contribution in [0.5, 0.6) is 23.0 Å². The van der Waals surface area contributed by atoms with Gasteiger partial charge in [0, 0.05) is 38.1 Å². The zero-order valence-corrected chi connectivity index (χ0v) is 26.8. The fraction of sp³-hybridized carbons (Fsp3) is 0.0476. The Balaban J connectivity index is 1.21. The van der Waals surface area contributed by atoms with Gasteiger partial charge in [0.1, 0.15) is 23.0 Å². The van der Waals surface area contributed by atoms with E-state index in [9.17, 15) is 0 Å². The van der Waals surface area contributed by atoms with Gasteiger partial charge in [-0.3, -0.25) is 0 Å². The third-order valence-corrected chi connectivity index (χ3v) is 10.9. The molecule has 3 aliphatic heterocycles. The fourth-order valence-electron chi connectivity index (χ4n) is 7.51. The van der Waals surface area contributed by atoms with Crippen LogP contribution in [0.25, 0.3) is 21.9 Å². The van der Waals surface area contributed by atoms with Gasteiger partial charge in [0.15, 0.2) is 0 Å². The van der Waals surface area contributed by atoms with E-state index in [1.54, 1.807) is 0 Å². The Labute approximate surface area is 278 Å². The van der Waals surface area contributed by atoms with Crippen LogP contribution in [0.2, 0.25) is 0 Å². The zero-order valence-electron chi connectivity index (χ0n) is 26.0. The molecule has 0 amide bonds. The summed E-state index contributed by atoms with van der Waals surface area (Å²) < 4.78 is 13.5. The van der Waals surface area contributed by atoms with Gasteiger partial charge in [-0.05, 0) is 84.9 Å². The van der Waals surface area contributed by atoms with Crippen LogP contribution in [-0.2, 0) is 0 Å². The minimum atomic E-state index is 0.0536. The molecule has 5 heteroatoms. The van der Waals surface area contributed by atoms with Crippen LogP contribution in [0.15, 0.2) is 143 Å². The molecule has 0 radical (unpaired) electrons. The second-order valence-electron chi connectivity index (χ2n) is 12.6. The minimum absolute atomic E-state index is 0.0536. The molecule has 0 bridgehead atoms. The molecule has 0 saturated carbocycles. The van der Waals surface area contributed by atoms with Gasteiger partial charge in [-0.2, -0.15) is 0 Å². The molecule has 0 atom stereocenters. The standard InChI is InChI=1S/C42H28BNO2S/c1-25-14-18-27(19-15-25)44(28-20-16-26(2)17-21-28)34-23-22-29-31-24-37-40-41(42(31)47-38-13-7-8-30(34)39(29)38)46-36-12-6-4-10-33(36)43(40)32-9-3-5-11-35(32)45-37/h3-24H,1-2H3. The van der Waals surface area contributed by atoms with E-state index < -0.39 is 0 Å². The predicted molar refractivity (Wildman–Crippen MR) is 195 cm³/mol. The van der Waals surface area contributed by atoms with Crippen LogP contribution in [0.1, 0.15) is 11.1 Å². The maximum atomic E-state index is 6.84. The highest BCUT2D eigenvalue weighted by Gasteiger charge is 2.42. The lowest BCUT2D eigenvalue weighted by Crippen LogP contribution is -2.57. The van der Waals surface area contributed by atoms with Crippen LogP contribution < -0.4 is 30.8 Å². The Morgan fingerprint density at radius 1 is 0.574 bits per heavy atom. The highest BCUT2D eigenvalue weighted by Crippen LogP contribution is 2.56. The van der Waals surface area contributed by atoms with Crippen molar-refractivity contribution in [3.63, 3.8) is 0 Å². The molecular weight excluding hydrogens is 593 g/mol. The van der Waals surface area contributed by atoms with E-state index in [4.69, 9.17) is 9.47 Å². The minimum Gasteiger partial charge on any atom is -0.458 e. The maximum absolute atomic E-state index is 6.84. The quantitative estimate of drug-likeness (QED) is 0.183. The van der Waals surface area contributed by atoms with Crippen molar-refractivity contribution in [2.45, 2.75) is 23.6 Å². The number of anilines is 3. The first kappa shape index (κ1) is 26.8. The van der Waals surface area contributed by atoms with Crippen LogP contribution in [-0.4, -0.2) is 6.71 Å². The van der Waals surface area contributed by atoms with Gasteiger partial charge >= 0.3 is 0 Å². The zero-order chi connectivity index (χ0) is 31.2. The van der Waals surface area contributed by atoms with Crippen molar-refractivity contribution in [1.29, 1.82) is 0 Å². The molecule has 3 heterocycles. The topological polar surface area (TPSA) is 21.7 Å². The van der Waals surface area contributed by atoms with Gasteiger partial charge in [-0.25, -0.2) is 0 Å². The second kappa shape index (κ2) is 10.1. The monoisotopic (exact) mass is 621 g/mol. The van der Waals surface area contributed by atoms with Gasteiger partial charge in [0.2, 0.25) is 0 Å². The highest BCUT2D eigenvalue weighted by atomic mass is 32.2. The summed E-state index contributed by atoms with van der Waals surface area (Å²) in [7, 11) is 0. The number of rotatable bonds is 3. The lowest BCUT2D eigenvalue weighted by atomic mass is 9.35. The molecule has 3 aliphatic rings. The summed E-state index contributed by atoms with van der Waals surface area (Å²) in [6.45, 7) is 4.32. The first-order valence-electron chi connectivity index (χ1n) is 16.0. The van der Waals surface area contributed by atoms with Gasteiger partial charge in [0.25, 0.3) is 6.71 Å². The van der Waals surface area contributed by atoms with Crippen molar-refractivity contribution < 1.29 is 9.47 Å². The van der Waals surface area contributed by atoms with Crippen molar-refractivity contribution >= 4 is 62.7 Å². The number of benzene rings is 7. The Kier molecular flexibility index (Phi) is 5.73. The van der Waals surface area contributed by atoms with E-state index in [0.29, 0.717) is 0 Å². The van der Waals surface area contributed by atoms with E-state index in [1.807, 2.05) is 11.8 Å². The molecule has 0 spiro atoms.